The minimum absolute atomic E-state index is 0.253. The molecule has 1 fully saturated rings. The third-order valence-electron chi connectivity index (χ3n) is 4.75. The minimum Gasteiger partial charge on any atom is -0.367 e. The lowest BCUT2D eigenvalue weighted by atomic mass is 10.1. The number of hydrogen-bond donors (Lipinski definition) is 2. The molecule has 0 spiro atoms. The second-order valence-corrected chi connectivity index (χ2v) is 7.34. The van der Waals surface area contributed by atoms with Gasteiger partial charge in [-0.15, -0.1) is 0 Å². The Balaban J connectivity index is 1.76. The molecule has 1 aliphatic heterocycles. The van der Waals surface area contributed by atoms with E-state index in [1.54, 1.807) is 43.3 Å². The van der Waals surface area contributed by atoms with Crippen LogP contribution < -0.4 is 11.1 Å². The zero-order valence-electron chi connectivity index (χ0n) is 16.2. The molecule has 2 aromatic carbocycles. The van der Waals surface area contributed by atoms with E-state index in [0.29, 0.717) is 25.3 Å². The van der Waals surface area contributed by atoms with E-state index in [1.165, 1.54) is 12.1 Å². The Morgan fingerprint density at radius 1 is 1.31 bits per heavy atom. The van der Waals surface area contributed by atoms with E-state index in [0.717, 1.165) is 5.56 Å². The smallest absolute Gasteiger partial charge is 0.254 e. The van der Waals surface area contributed by atoms with Crippen LogP contribution in [-0.2, 0) is 16.0 Å². The molecule has 0 radical (unpaired) electrons. The number of carbonyl (C=O) groups is 1. The molecule has 1 aliphatic rings. The molecule has 1 amide bonds. The van der Waals surface area contributed by atoms with Crippen molar-refractivity contribution in [1.82, 2.24) is 10.2 Å². The van der Waals surface area contributed by atoms with Gasteiger partial charge in [-0.25, -0.2) is 4.39 Å². The van der Waals surface area contributed by atoms with Crippen molar-refractivity contribution >= 4 is 17.5 Å². The fraction of sp³-hybridized carbons (Fsp3) is 0.381. The fourth-order valence-corrected chi connectivity index (χ4v) is 3.67. The van der Waals surface area contributed by atoms with Gasteiger partial charge in [0.15, 0.2) is 0 Å². The molecule has 3 rings (SSSR count). The first-order valence-electron chi connectivity index (χ1n) is 9.49. The lowest BCUT2D eigenvalue weighted by Gasteiger charge is -2.45. The van der Waals surface area contributed by atoms with Crippen LogP contribution in [0.2, 0.25) is 0 Å². The molecule has 0 aliphatic carbocycles. The molecule has 3 unspecified atom stereocenters. The highest BCUT2D eigenvalue weighted by atomic mass is 35.5. The molecule has 156 valence electrons. The summed E-state index contributed by atoms with van der Waals surface area (Å²) in [6.07, 6.45) is -1.46. The van der Waals surface area contributed by atoms with Gasteiger partial charge in [0, 0.05) is 25.3 Å². The minimum atomic E-state index is -1.64. The summed E-state index contributed by atoms with van der Waals surface area (Å²) >= 11 is 6.71. The highest BCUT2D eigenvalue weighted by molar-refractivity contribution is 6.24. The van der Waals surface area contributed by atoms with Gasteiger partial charge in [-0.3, -0.25) is 9.69 Å². The summed E-state index contributed by atoms with van der Waals surface area (Å²) in [5.74, 6) is -0.682. The second-order valence-electron chi connectivity index (χ2n) is 6.78. The molecule has 1 saturated heterocycles. The van der Waals surface area contributed by atoms with Crippen LogP contribution >= 0.6 is 11.6 Å². The van der Waals surface area contributed by atoms with Crippen molar-refractivity contribution in [1.29, 1.82) is 0 Å². The Bertz CT molecular complexity index is 809. The van der Waals surface area contributed by atoms with Gasteiger partial charge in [-0.05, 0) is 36.8 Å². The zero-order valence-corrected chi connectivity index (χ0v) is 16.9. The number of alkyl halides is 1. The van der Waals surface area contributed by atoms with Crippen LogP contribution in [0, 0.1) is 5.82 Å². The molecule has 0 saturated carbocycles. The van der Waals surface area contributed by atoms with E-state index in [4.69, 9.17) is 26.8 Å². The van der Waals surface area contributed by atoms with Crippen LogP contribution in [-0.4, -0.2) is 48.0 Å². The lowest BCUT2D eigenvalue weighted by molar-refractivity contribution is -0.164. The summed E-state index contributed by atoms with van der Waals surface area (Å²) in [6, 6.07) is 14.9. The van der Waals surface area contributed by atoms with Crippen LogP contribution in [0.15, 0.2) is 54.6 Å². The van der Waals surface area contributed by atoms with Gasteiger partial charge in [0.1, 0.15) is 11.9 Å². The summed E-state index contributed by atoms with van der Waals surface area (Å²) in [4.78, 5) is 14.6. The number of carbonyl (C=O) groups excluding carboxylic acids is 1. The number of hydrogen-bond acceptors (Lipinski definition) is 5. The number of amides is 1. The molecule has 2 aromatic rings. The average molecular weight is 422 g/mol. The van der Waals surface area contributed by atoms with Gasteiger partial charge in [0.05, 0.1) is 12.8 Å². The SMILES string of the molecule is CCOC(Cl)(NC(=O)c1ccccc1)C1OCCN(Cc2ccc(F)cc2)C1N. The normalized spacial score (nSPS) is 22.1. The Kier molecular flexibility index (Phi) is 7.21. The number of halogens is 2. The largest absolute Gasteiger partial charge is 0.367 e. The molecule has 0 bridgehead atoms. The zero-order chi connectivity index (χ0) is 20.9. The van der Waals surface area contributed by atoms with Crippen molar-refractivity contribution in [2.45, 2.75) is 30.9 Å². The number of nitrogens with one attached hydrogen (secondary N) is 1. The van der Waals surface area contributed by atoms with E-state index < -0.39 is 17.5 Å². The predicted octanol–water partition coefficient (Wildman–Crippen LogP) is 2.67. The quantitative estimate of drug-likeness (QED) is 0.408. The third kappa shape index (κ3) is 5.32. The second kappa shape index (κ2) is 9.65. The molecule has 6 nitrogen and oxygen atoms in total. The Morgan fingerprint density at radius 3 is 2.66 bits per heavy atom. The molecule has 3 N–H and O–H groups in total. The molecule has 8 heteroatoms. The number of benzene rings is 2. The summed E-state index contributed by atoms with van der Waals surface area (Å²) in [5, 5.41) is 1.09. The number of nitrogens with zero attached hydrogens (tertiary/aromatic N) is 1. The van der Waals surface area contributed by atoms with Gasteiger partial charge in [0.2, 0.25) is 5.18 Å². The van der Waals surface area contributed by atoms with E-state index in [1.807, 2.05) is 11.0 Å². The van der Waals surface area contributed by atoms with Crippen LogP contribution in [0.1, 0.15) is 22.8 Å². The number of nitrogens with two attached hydrogens (primary N) is 1. The van der Waals surface area contributed by atoms with E-state index in [2.05, 4.69) is 5.32 Å². The van der Waals surface area contributed by atoms with E-state index in [9.17, 15) is 9.18 Å². The summed E-state index contributed by atoms with van der Waals surface area (Å²) in [7, 11) is 0. The standard InChI is InChI=1S/C21H25ClFN3O3/c1-2-29-21(22,25-20(27)16-6-4-3-5-7-16)18-19(24)26(12-13-28-18)14-15-8-10-17(23)11-9-15/h3-11,18-19H,2,12-14,24H2,1H3,(H,25,27). The van der Waals surface area contributed by atoms with Gasteiger partial charge in [-0.1, -0.05) is 41.9 Å². The van der Waals surface area contributed by atoms with Crippen molar-refractivity contribution in [3.05, 3.63) is 71.5 Å². The average Bonchev–Trinajstić information content (AvgIpc) is 2.72. The number of ether oxygens (including phenoxy) is 2. The predicted molar refractivity (Wildman–Crippen MR) is 109 cm³/mol. The first-order valence-corrected chi connectivity index (χ1v) is 9.87. The fourth-order valence-electron chi connectivity index (χ4n) is 3.29. The third-order valence-corrected chi connectivity index (χ3v) is 5.17. The summed E-state index contributed by atoms with van der Waals surface area (Å²) < 4.78 is 24.7. The van der Waals surface area contributed by atoms with Crippen LogP contribution in [0.5, 0.6) is 0 Å². The van der Waals surface area contributed by atoms with E-state index >= 15 is 0 Å². The van der Waals surface area contributed by atoms with Gasteiger partial charge >= 0.3 is 0 Å². The first kappa shape index (κ1) is 21.7. The molecule has 0 aromatic heterocycles. The van der Waals surface area contributed by atoms with Crippen LogP contribution in [0.3, 0.4) is 0 Å². The van der Waals surface area contributed by atoms with Crippen molar-refractivity contribution in [3.8, 4) is 0 Å². The summed E-state index contributed by atoms with van der Waals surface area (Å²) in [6.45, 7) is 3.45. The molecular formula is C21H25ClFN3O3. The van der Waals surface area contributed by atoms with Crippen LogP contribution in [0.25, 0.3) is 0 Å². The van der Waals surface area contributed by atoms with Crippen molar-refractivity contribution < 1.29 is 18.7 Å². The first-order chi connectivity index (χ1) is 13.9. The highest BCUT2D eigenvalue weighted by Crippen LogP contribution is 2.28. The maximum absolute atomic E-state index is 13.2. The summed E-state index contributed by atoms with van der Waals surface area (Å²) in [5.41, 5.74) is 7.80. The molecular weight excluding hydrogens is 397 g/mol. The van der Waals surface area contributed by atoms with Gasteiger partial charge in [-0.2, -0.15) is 0 Å². The van der Waals surface area contributed by atoms with Crippen molar-refractivity contribution in [2.24, 2.45) is 5.73 Å². The Hall–Kier alpha value is -2.03. The molecule has 3 atom stereocenters. The van der Waals surface area contributed by atoms with Crippen molar-refractivity contribution in [3.63, 3.8) is 0 Å². The van der Waals surface area contributed by atoms with Gasteiger partial charge < -0.3 is 20.5 Å². The topological polar surface area (TPSA) is 76.8 Å². The monoisotopic (exact) mass is 421 g/mol. The van der Waals surface area contributed by atoms with E-state index in [-0.39, 0.29) is 18.3 Å². The number of morpholine rings is 1. The lowest BCUT2D eigenvalue weighted by Crippen LogP contribution is -2.67. The molecule has 29 heavy (non-hydrogen) atoms. The Morgan fingerprint density at radius 2 is 2.00 bits per heavy atom. The maximum Gasteiger partial charge on any atom is 0.254 e. The Labute approximate surface area is 174 Å². The maximum atomic E-state index is 13.2. The van der Waals surface area contributed by atoms with Crippen LogP contribution in [0.4, 0.5) is 4.39 Å². The number of rotatable bonds is 7. The van der Waals surface area contributed by atoms with Gasteiger partial charge in [0.25, 0.3) is 5.91 Å². The van der Waals surface area contributed by atoms with Crippen molar-refractivity contribution in [2.75, 3.05) is 19.8 Å². The highest BCUT2D eigenvalue weighted by Gasteiger charge is 2.47. The molecule has 1 heterocycles.